The minimum atomic E-state index is -0.730. The van der Waals surface area contributed by atoms with Crippen molar-refractivity contribution in [3.05, 3.63) is 116 Å². The standard InChI is InChI=1S/C26H15ClN4O6/c27-18-6-4-17(5-7-18)26-29-22-13-19(8-10-24(22)37-26)28-15-16-2-1-3-21(12-16)36-25-11-9-20(30(32)33)14-23(25)31(34)35/h1-15H. The van der Waals surface area contributed by atoms with Gasteiger partial charge in [0.25, 0.3) is 5.69 Å². The zero-order valence-corrected chi connectivity index (χ0v) is 19.5. The molecule has 0 amide bonds. The summed E-state index contributed by atoms with van der Waals surface area (Å²) in [7, 11) is 0. The van der Waals surface area contributed by atoms with Crippen molar-refractivity contribution in [3.63, 3.8) is 0 Å². The first-order valence-corrected chi connectivity index (χ1v) is 11.1. The van der Waals surface area contributed by atoms with Crippen molar-refractivity contribution >= 4 is 46.0 Å². The molecule has 0 radical (unpaired) electrons. The first-order valence-electron chi connectivity index (χ1n) is 10.8. The Bertz CT molecular complexity index is 1680. The molecule has 10 nitrogen and oxygen atoms in total. The molecule has 1 aromatic heterocycles. The van der Waals surface area contributed by atoms with Crippen LogP contribution in [0.25, 0.3) is 22.6 Å². The third-order valence-corrected chi connectivity index (χ3v) is 5.51. The molecule has 0 aliphatic rings. The Labute approximate surface area is 213 Å². The number of hydrogen-bond acceptors (Lipinski definition) is 8. The van der Waals surface area contributed by atoms with E-state index in [1.807, 2.05) is 12.1 Å². The van der Waals surface area contributed by atoms with Gasteiger partial charge in [-0.3, -0.25) is 25.2 Å². The van der Waals surface area contributed by atoms with Crippen LogP contribution in [0.1, 0.15) is 5.56 Å². The number of nitro groups is 2. The molecular formula is C26H15ClN4O6. The lowest BCUT2D eigenvalue weighted by molar-refractivity contribution is -0.394. The lowest BCUT2D eigenvalue weighted by atomic mass is 10.2. The summed E-state index contributed by atoms with van der Waals surface area (Å²) in [5.74, 6) is 0.663. The zero-order chi connectivity index (χ0) is 25.9. The smallest absolute Gasteiger partial charge is 0.318 e. The molecule has 11 heteroatoms. The Morgan fingerprint density at radius 2 is 1.73 bits per heavy atom. The van der Waals surface area contributed by atoms with Gasteiger partial charge in [0.2, 0.25) is 11.6 Å². The highest BCUT2D eigenvalue weighted by molar-refractivity contribution is 6.30. The van der Waals surface area contributed by atoms with E-state index in [2.05, 4.69) is 9.98 Å². The van der Waals surface area contributed by atoms with Crippen LogP contribution >= 0.6 is 11.6 Å². The van der Waals surface area contributed by atoms with Gasteiger partial charge >= 0.3 is 5.69 Å². The number of aromatic nitrogens is 1. The second-order valence-corrected chi connectivity index (χ2v) is 8.21. The maximum absolute atomic E-state index is 11.4. The molecule has 0 unspecified atom stereocenters. The van der Waals surface area contributed by atoms with Gasteiger partial charge in [0.05, 0.1) is 21.6 Å². The number of oxazole rings is 1. The molecule has 0 N–H and O–H groups in total. The molecule has 0 atom stereocenters. The average Bonchev–Trinajstić information content (AvgIpc) is 3.31. The predicted octanol–water partition coefficient (Wildman–Crippen LogP) is 7.51. The Kier molecular flexibility index (Phi) is 6.31. The number of fused-ring (bicyclic) bond motifs is 1. The number of halogens is 1. The number of hydrogen-bond donors (Lipinski definition) is 0. The van der Waals surface area contributed by atoms with Gasteiger partial charge < -0.3 is 9.15 Å². The van der Waals surface area contributed by atoms with Crippen molar-refractivity contribution in [1.29, 1.82) is 0 Å². The molecule has 0 fully saturated rings. The lowest BCUT2D eigenvalue weighted by Gasteiger charge is -2.07. The van der Waals surface area contributed by atoms with E-state index in [9.17, 15) is 20.2 Å². The van der Waals surface area contributed by atoms with Crippen LogP contribution in [0.4, 0.5) is 17.1 Å². The molecule has 4 aromatic carbocycles. The summed E-state index contributed by atoms with van der Waals surface area (Å²) in [4.78, 5) is 29.9. The second-order valence-electron chi connectivity index (χ2n) is 7.78. The van der Waals surface area contributed by atoms with Gasteiger partial charge in [-0.1, -0.05) is 23.7 Å². The van der Waals surface area contributed by atoms with E-state index in [0.29, 0.717) is 39.0 Å². The summed E-state index contributed by atoms with van der Waals surface area (Å²) in [5.41, 5.74) is 2.46. The molecule has 37 heavy (non-hydrogen) atoms. The van der Waals surface area contributed by atoms with E-state index >= 15 is 0 Å². The zero-order valence-electron chi connectivity index (χ0n) is 18.8. The molecule has 5 rings (SSSR count). The highest BCUT2D eigenvalue weighted by Crippen LogP contribution is 2.34. The Morgan fingerprint density at radius 1 is 0.919 bits per heavy atom. The summed E-state index contributed by atoms with van der Waals surface area (Å²) < 4.78 is 11.5. The second kappa shape index (κ2) is 9.88. The molecule has 1 heterocycles. The van der Waals surface area contributed by atoms with Crippen molar-refractivity contribution in [3.8, 4) is 23.0 Å². The van der Waals surface area contributed by atoms with Gasteiger partial charge in [-0.25, -0.2) is 4.98 Å². The highest BCUT2D eigenvalue weighted by atomic mass is 35.5. The molecule has 0 bridgehead atoms. The molecule has 0 spiro atoms. The number of aliphatic imine (C=N–C) groups is 1. The van der Waals surface area contributed by atoms with E-state index in [4.69, 9.17) is 20.8 Å². The topological polar surface area (TPSA) is 134 Å². The van der Waals surface area contributed by atoms with Crippen LogP contribution in [0.15, 0.2) is 94.3 Å². The highest BCUT2D eigenvalue weighted by Gasteiger charge is 2.21. The van der Waals surface area contributed by atoms with Crippen molar-refractivity contribution in [2.75, 3.05) is 0 Å². The number of non-ortho nitro benzene ring substituents is 1. The van der Waals surface area contributed by atoms with Crippen molar-refractivity contribution in [2.45, 2.75) is 0 Å². The van der Waals surface area contributed by atoms with Crippen LogP contribution in [0, 0.1) is 20.2 Å². The number of nitrogens with zero attached hydrogens (tertiary/aromatic N) is 4. The van der Waals surface area contributed by atoms with Crippen LogP contribution in [0.2, 0.25) is 5.02 Å². The van der Waals surface area contributed by atoms with Gasteiger partial charge in [-0.2, -0.15) is 0 Å². The van der Waals surface area contributed by atoms with E-state index < -0.39 is 21.2 Å². The summed E-state index contributed by atoms with van der Waals surface area (Å²) in [6.45, 7) is 0. The summed E-state index contributed by atoms with van der Waals surface area (Å²) >= 11 is 5.95. The minimum absolute atomic E-state index is 0.113. The summed E-state index contributed by atoms with van der Waals surface area (Å²) in [5, 5.41) is 22.9. The molecule has 0 saturated heterocycles. The monoisotopic (exact) mass is 514 g/mol. The Hall–Kier alpha value is -5.09. The minimum Gasteiger partial charge on any atom is -0.450 e. The lowest BCUT2D eigenvalue weighted by Crippen LogP contribution is -1.96. The third-order valence-electron chi connectivity index (χ3n) is 5.26. The Balaban J connectivity index is 1.36. The van der Waals surface area contributed by atoms with Crippen LogP contribution in [-0.2, 0) is 0 Å². The Morgan fingerprint density at radius 3 is 2.49 bits per heavy atom. The van der Waals surface area contributed by atoms with Crippen LogP contribution in [0.3, 0.4) is 0 Å². The fourth-order valence-corrected chi connectivity index (χ4v) is 3.62. The van der Waals surface area contributed by atoms with E-state index in [-0.39, 0.29) is 5.75 Å². The average molecular weight is 515 g/mol. The van der Waals surface area contributed by atoms with Crippen LogP contribution < -0.4 is 4.74 Å². The molecule has 0 aliphatic carbocycles. The van der Waals surface area contributed by atoms with Crippen LogP contribution in [0.5, 0.6) is 11.5 Å². The predicted molar refractivity (Wildman–Crippen MR) is 138 cm³/mol. The first kappa shape index (κ1) is 23.6. The van der Waals surface area contributed by atoms with Crippen LogP contribution in [-0.4, -0.2) is 21.0 Å². The largest absolute Gasteiger partial charge is 0.450 e. The molecule has 182 valence electrons. The van der Waals surface area contributed by atoms with E-state index in [0.717, 1.165) is 17.7 Å². The number of rotatable bonds is 7. The quantitative estimate of drug-likeness (QED) is 0.124. The maximum Gasteiger partial charge on any atom is 0.318 e. The SMILES string of the molecule is O=[N+]([O-])c1ccc(Oc2cccc(C=Nc3ccc4oc(-c5ccc(Cl)cc5)nc4c3)c2)c([N+](=O)[O-])c1. The van der Waals surface area contributed by atoms with Gasteiger partial charge in [0, 0.05) is 22.9 Å². The van der Waals surface area contributed by atoms with Gasteiger partial charge in [0.15, 0.2) is 5.58 Å². The normalized spacial score (nSPS) is 11.2. The first-order chi connectivity index (χ1) is 17.9. The van der Waals surface area contributed by atoms with Crippen molar-refractivity contribution < 1.29 is 19.0 Å². The van der Waals surface area contributed by atoms with Gasteiger partial charge in [-0.15, -0.1) is 0 Å². The third kappa shape index (κ3) is 5.29. The van der Waals surface area contributed by atoms with Crippen molar-refractivity contribution in [1.82, 2.24) is 4.98 Å². The molecule has 0 aliphatic heterocycles. The molecular weight excluding hydrogens is 500 g/mol. The van der Waals surface area contributed by atoms with Crippen molar-refractivity contribution in [2.24, 2.45) is 4.99 Å². The van der Waals surface area contributed by atoms with Gasteiger partial charge in [-0.05, 0) is 66.2 Å². The summed E-state index contributed by atoms with van der Waals surface area (Å²) in [6, 6.07) is 22.5. The number of ether oxygens (including phenoxy) is 1. The fraction of sp³-hybridized carbons (Fsp3) is 0. The maximum atomic E-state index is 11.4. The fourth-order valence-electron chi connectivity index (χ4n) is 3.49. The molecule has 5 aromatic rings. The number of benzene rings is 4. The van der Waals surface area contributed by atoms with E-state index in [1.165, 1.54) is 6.07 Å². The summed E-state index contributed by atoms with van der Waals surface area (Å²) in [6.07, 6.45) is 1.61. The number of nitro benzene ring substituents is 2. The molecule has 0 saturated carbocycles. The van der Waals surface area contributed by atoms with E-state index in [1.54, 1.807) is 60.8 Å². The van der Waals surface area contributed by atoms with Gasteiger partial charge in [0.1, 0.15) is 11.3 Å².